The van der Waals surface area contributed by atoms with Crippen LogP contribution in [0.15, 0.2) is 48.5 Å². The molecule has 2 aromatic carbocycles. The van der Waals surface area contributed by atoms with Crippen LogP contribution in [0.2, 0.25) is 0 Å². The summed E-state index contributed by atoms with van der Waals surface area (Å²) in [6, 6.07) is 10.5. The Hall–Kier alpha value is -2.98. The molecule has 0 saturated carbocycles. The van der Waals surface area contributed by atoms with Crippen LogP contribution in [0.25, 0.3) is 0 Å². The van der Waals surface area contributed by atoms with E-state index in [1.807, 2.05) is 4.90 Å². The van der Waals surface area contributed by atoms with Crippen LogP contribution in [-0.4, -0.2) is 60.9 Å². The number of hydrogen-bond donors (Lipinski definition) is 2. The number of nitrogens with one attached hydrogen (secondary N) is 2. The van der Waals surface area contributed by atoms with Crippen LogP contribution in [0.4, 0.5) is 28.9 Å². The first-order valence-electron chi connectivity index (χ1n) is 10.2. The molecule has 0 unspecified atom stereocenters. The van der Waals surface area contributed by atoms with Gasteiger partial charge in [0.2, 0.25) is 11.8 Å². The molecule has 6 nitrogen and oxygen atoms in total. The maximum atomic E-state index is 13.2. The van der Waals surface area contributed by atoms with Crippen molar-refractivity contribution in [2.45, 2.75) is 12.6 Å². The number of para-hydroxylation sites is 1. The summed E-state index contributed by atoms with van der Waals surface area (Å²) in [5.41, 5.74) is -0.736. The number of halogens is 4. The van der Waals surface area contributed by atoms with E-state index in [0.717, 1.165) is 6.07 Å². The topological polar surface area (TPSA) is 64.7 Å². The van der Waals surface area contributed by atoms with Crippen molar-refractivity contribution in [3.8, 4) is 0 Å². The van der Waals surface area contributed by atoms with Crippen molar-refractivity contribution in [3.05, 3.63) is 59.9 Å². The molecule has 2 N–H and O–H groups in total. The number of piperazine rings is 1. The molecular formula is C22H24F4N4O2. The molecule has 0 atom stereocenters. The maximum Gasteiger partial charge on any atom is 0.418 e. The number of alkyl halides is 3. The maximum absolute atomic E-state index is 13.2. The van der Waals surface area contributed by atoms with Crippen LogP contribution >= 0.6 is 0 Å². The third kappa shape index (κ3) is 7.03. The largest absolute Gasteiger partial charge is 0.418 e. The van der Waals surface area contributed by atoms with Crippen LogP contribution in [0.3, 0.4) is 0 Å². The Morgan fingerprint density at radius 1 is 0.875 bits per heavy atom. The average Bonchev–Trinajstić information content (AvgIpc) is 2.73. The second-order valence-electron chi connectivity index (χ2n) is 7.52. The van der Waals surface area contributed by atoms with Crippen LogP contribution in [0.1, 0.15) is 12.0 Å². The number of hydrogen-bond acceptors (Lipinski definition) is 4. The van der Waals surface area contributed by atoms with E-state index >= 15 is 0 Å². The number of carbonyl (C=O) groups excluding carboxylic acids is 2. The number of carbonyl (C=O) groups is 2. The van der Waals surface area contributed by atoms with Gasteiger partial charge in [-0.05, 0) is 30.3 Å². The van der Waals surface area contributed by atoms with Crippen LogP contribution in [0, 0.1) is 5.82 Å². The Labute approximate surface area is 183 Å². The molecular weight excluding hydrogens is 428 g/mol. The lowest BCUT2D eigenvalue weighted by Gasteiger charge is -2.34. The molecule has 2 amide bonds. The second-order valence-corrected chi connectivity index (χ2v) is 7.52. The summed E-state index contributed by atoms with van der Waals surface area (Å²) in [5.74, 6) is -1.16. The van der Waals surface area contributed by atoms with Gasteiger partial charge in [-0.3, -0.25) is 14.5 Å². The molecule has 0 aromatic heterocycles. The van der Waals surface area contributed by atoms with E-state index in [0.29, 0.717) is 38.4 Å². The monoisotopic (exact) mass is 452 g/mol. The Bertz CT molecular complexity index is 944. The summed E-state index contributed by atoms with van der Waals surface area (Å²) in [4.78, 5) is 28.2. The second kappa shape index (κ2) is 10.6. The molecule has 0 bridgehead atoms. The molecule has 1 aliphatic rings. The van der Waals surface area contributed by atoms with Gasteiger partial charge in [0.1, 0.15) is 5.82 Å². The molecule has 1 saturated heterocycles. The van der Waals surface area contributed by atoms with Crippen molar-refractivity contribution in [3.63, 3.8) is 0 Å². The van der Waals surface area contributed by atoms with Crippen molar-refractivity contribution in [1.29, 1.82) is 0 Å². The molecule has 3 rings (SSSR count). The summed E-state index contributed by atoms with van der Waals surface area (Å²) < 4.78 is 52.3. The quantitative estimate of drug-likeness (QED) is 0.632. The molecule has 1 fully saturated rings. The minimum absolute atomic E-state index is 0.0138. The number of nitrogens with zero attached hydrogens (tertiary/aromatic N) is 2. The fraction of sp³-hybridized carbons (Fsp3) is 0.364. The highest BCUT2D eigenvalue weighted by molar-refractivity contribution is 5.93. The average molecular weight is 452 g/mol. The van der Waals surface area contributed by atoms with E-state index in [2.05, 4.69) is 15.5 Å². The van der Waals surface area contributed by atoms with Gasteiger partial charge in [-0.25, -0.2) is 4.39 Å². The van der Waals surface area contributed by atoms with E-state index in [1.165, 1.54) is 36.4 Å². The summed E-state index contributed by atoms with van der Waals surface area (Å²) in [5, 5.41) is 5.00. The lowest BCUT2D eigenvalue weighted by atomic mass is 10.1. The number of rotatable bonds is 7. The molecule has 0 radical (unpaired) electrons. The lowest BCUT2D eigenvalue weighted by Crippen LogP contribution is -2.49. The number of anilines is 2. The van der Waals surface area contributed by atoms with Crippen LogP contribution in [-0.2, 0) is 15.8 Å². The van der Waals surface area contributed by atoms with E-state index in [9.17, 15) is 27.2 Å². The molecule has 0 spiro atoms. The number of benzene rings is 2. The minimum Gasteiger partial charge on any atom is -0.326 e. The van der Waals surface area contributed by atoms with Gasteiger partial charge in [0, 0.05) is 44.8 Å². The van der Waals surface area contributed by atoms with E-state index < -0.39 is 23.5 Å². The molecule has 2 aromatic rings. The highest BCUT2D eigenvalue weighted by atomic mass is 19.4. The highest BCUT2D eigenvalue weighted by Gasteiger charge is 2.33. The van der Waals surface area contributed by atoms with Crippen molar-refractivity contribution < 1.29 is 27.2 Å². The first kappa shape index (κ1) is 23.7. The first-order valence-corrected chi connectivity index (χ1v) is 10.2. The molecule has 0 aliphatic carbocycles. The van der Waals surface area contributed by atoms with Gasteiger partial charge in [0.05, 0.1) is 17.8 Å². The fourth-order valence-corrected chi connectivity index (χ4v) is 3.45. The van der Waals surface area contributed by atoms with E-state index in [1.54, 1.807) is 6.07 Å². The Morgan fingerprint density at radius 2 is 1.56 bits per heavy atom. The Morgan fingerprint density at radius 3 is 2.25 bits per heavy atom. The van der Waals surface area contributed by atoms with E-state index in [4.69, 9.17) is 0 Å². The van der Waals surface area contributed by atoms with Crippen LogP contribution in [0.5, 0.6) is 0 Å². The van der Waals surface area contributed by atoms with E-state index in [-0.39, 0.29) is 24.6 Å². The van der Waals surface area contributed by atoms with Crippen molar-refractivity contribution >= 4 is 23.2 Å². The third-order valence-electron chi connectivity index (χ3n) is 5.10. The number of amides is 2. The van der Waals surface area contributed by atoms with Gasteiger partial charge in [-0.1, -0.05) is 18.2 Å². The fourth-order valence-electron chi connectivity index (χ4n) is 3.45. The molecule has 172 valence electrons. The summed E-state index contributed by atoms with van der Waals surface area (Å²) in [6.45, 7) is 2.86. The zero-order chi connectivity index (χ0) is 23.1. The zero-order valence-corrected chi connectivity index (χ0v) is 17.3. The first-order chi connectivity index (χ1) is 15.2. The molecule has 1 aliphatic heterocycles. The van der Waals surface area contributed by atoms with Gasteiger partial charge >= 0.3 is 6.18 Å². The summed E-state index contributed by atoms with van der Waals surface area (Å²) in [6.07, 6.45) is -4.30. The van der Waals surface area contributed by atoms with Gasteiger partial charge in [-0.15, -0.1) is 0 Å². The predicted octanol–water partition coefficient (Wildman–Crippen LogP) is 3.43. The Kier molecular flexibility index (Phi) is 7.81. The van der Waals surface area contributed by atoms with Gasteiger partial charge < -0.3 is 15.5 Å². The predicted molar refractivity (Wildman–Crippen MR) is 113 cm³/mol. The van der Waals surface area contributed by atoms with Gasteiger partial charge in [-0.2, -0.15) is 13.2 Å². The smallest absolute Gasteiger partial charge is 0.326 e. The summed E-state index contributed by atoms with van der Waals surface area (Å²) in [7, 11) is 0. The minimum atomic E-state index is -4.55. The molecule has 10 heteroatoms. The normalized spacial score (nSPS) is 15.4. The standard InChI is InChI=1S/C22H24F4N4O2/c23-16-4-3-5-17(14-16)27-20(31)8-9-29-10-12-30(13-11-29)15-21(32)28-19-7-2-1-6-18(19)22(24,25)26/h1-7,14H,8-13,15H2,(H,27,31)(H,28,32). The highest BCUT2D eigenvalue weighted by Crippen LogP contribution is 2.34. The molecule has 32 heavy (non-hydrogen) atoms. The van der Waals surface area contributed by atoms with Crippen LogP contribution < -0.4 is 10.6 Å². The van der Waals surface area contributed by atoms with Gasteiger partial charge in [0.25, 0.3) is 0 Å². The van der Waals surface area contributed by atoms with Crippen molar-refractivity contribution in [2.24, 2.45) is 0 Å². The summed E-state index contributed by atoms with van der Waals surface area (Å²) >= 11 is 0. The zero-order valence-electron chi connectivity index (χ0n) is 17.3. The molecule has 1 heterocycles. The lowest BCUT2D eigenvalue weighted by molar-refractivity contribution is -0.137. The Balaban J connectivity index is 1.39. The van der Waals surface area contributed by atoms with Crippen molar-refractivity contribution in [2.75, 3.05) is 49.9 Å². The van der Waals surface area contributed by atoms with Crippen molar-refractivity contribution in [1.82, 2.24) is 9.80 Å². The third-order valence-corrected chi connectivity index (χ3v) is 5.10. The van der Waals surface area contributed by atoms with Gasteiger partial charge in [0.15, 0.2) is 0 Å². The SMILES string of the molecule is O=C(CCN1CCN(CC(=O)Nc2ccccc2C(F)(F)F)CC1)Nc1cccc(F)c1.